The van der Waals surface area contributed by atoms with Gasteiger partial charge in [-0.15, -0.1) is 12.4 Å². The SMILES string of the molecule is Cl.N#CC(=Cc1cccn1-c1ccc(O)cc1)c1ccc(Br)cc1. The molecule has 2 aromatic carbocycles. The van der Waals surface area contributed by atoms with Crippen LogP contribution in [0.4, 0.5) is 0 Å². The molecule has 5 heteroatoms. The molecule has 1 aromatic heterocycles. The van der Waals surface area contributed by atoms with Crippen molar-refractivity contribution < 1.29 is 5.11 Å². The number of benzene rings is 2. The van der Waals surface area contributed by atoms with E-state index < -0.39 is 0 Å². The summed E-state index contributed by atoms with van der Waals surface area (Å²) in [5.41, 5.74) is 3.28. The van der Waals surface area contributed by atoms with Gasteiger partial charge >= 0.3 is 0 Å². The average molecular weight is 402 g/mol. The van der Waals surface area contributed by atoms with E-state index in [0.29, 0.717) is 5.57 Å². The Kier molecular flexibility index (Phi) is 5.86. The van der Waals surface area contributed by atoms with Crippen molar-refractivity contribution in [3.8, 4) is 17.5 Å². The van der Waals surface area contributed by atoms with E-state index in [1.54, 1.807) is 12.1 Å². The smallest absolute Gasteiger partial charge is 0.115 e. The maximum atomic E-state index is 9.47. The molecule has 0 aliphatic rings. The quantitative estimate of drug-likeness (QED) is 0.595. The summed E-state index contributed by atoms with van der Waals surface area (Å²) in [6, 6.07) is 20.7. The van der Waals surface area contributed by atoms with Gasteiger partial charge in [0.15, 0.2) is 0 Å². The summed E-state index contributed by atoms with van der Waals surface area (Å²) in [6.45, 7) is 0. The molecular formula is C19H14BrClN2O. The molecule has 0 unspecified atom stereocenters. The number of phenols is 1. The minimum absolute atomic E-state index is 0. The van der Waals surface area contributed by atoms with Crippen LogP contribution in [0.2, 0.25) is 0 Å². The van der Waals surface area contributed by atoms with Crippen LogP contribution < -0.4 is 0 Å². The molecule has 3 aromatic rings. The van der Waals surface area contributed by atoms with Crippen LogP contribution in [-0.4, -0.2) is 9.67 Å². The number of hydrogen-bond donors (Lipinski definition) is 1. The van der Waals surface area contributed by atoms with Crippen molar-refractivity contribution in [2.45, 2.75) is 0 Å². The molecule has 0 saturated heterocycles. The normalized spacial score (nSPS) is 10.8. The van der Waals surface area contributed by atoms with Crippen molar-refractivity contribution in [2.24, 2.45) is 0 Å². The van der Waals surface area contributed by atoms with Gasteiger partial charge in [-0.05, 0) is 60.2 Å². The predicted octanol–water partition coefficient (Wildman–Crippen LogP) is 5.43. The van der Waals surface area contributed by atoms with E-state index in [1.165, 1.54) is 0 Å². The number of halogens is 2. The summed E-state index contributed by atoms with van der Waals surface area (Å²) < 4.78 is 2.95. The monoisotopic (exact) mass is 400 g/mol. The minimum Gasteiger partial charge on any atom is -0.508 e. The number of nitriles is 1. The van der Waals surface area contributed by atoms with Gasteiger partial charge in [0.2, 0.25) is 0 Å². The number of nitrogens with zero attached hydrogens (tertiary/aromatic N) is 2. The largest absolute Gasteiger partial charge is 0.508 e. The lowest BCUT2D eigenvalue weighted by molar-refractivity contribution is 0.475. The van der Waals surface area contributed by atoms with Gasteiger partial charge in [-0.25, -0.2) is 0 Å². The highest BCUT2D eigenvalue weighted by molar-refractivity contribution is 9.10. The number of allylic oxidation sites excluding steroid dienone is 1. The van der Waals surface area contributed by atoms with E-state index >= 15 is 0 Å². The lowest BCUT2D eigenvalue weighted by atomic mass is 10.1. The molecule has 0 radical (unpaired) electrons. The van der Waals surface area contributed by atoms with Gasteiger partial charge in [0.05, 0.1) is 11.6 Å². The molecule has 120 valence electrons. The lowest BCUT2D eigenvalue weighted by Gasteiger charge is -2.07. The van der Waals surface area contributed by atoms with Gasteiger partial charge in [-0.2, -0.15) is 5.26 Å². The van der Waals surface area contributed by atoms with E-state index in [1.807, 2.05) is 65.4 Å². The van der Waals surface area contributed by atoms with Crippen molar-refractivity contribution in [1.82, 2.24) is 4.57 Å². The van der Waals surface area contributed by atoms with Crippen LogP contribution in [0.3, 0.4) is 0 Å². The Labute approximate surface area is 155 Å². The number of rotatable bonds is 3. The molecule has 0 bridgehead atoms. The van der Waals surface area contributed by atoms with Gasteiger partial charge < -0.3 is 9.67 Å². The summed E-state index contributed by atoms with van der Waals surface area (Å²) >= 11 is 3.40. The number of aromatic hydroxyl groups is 1. The molecule has 0 fully saturated rings. The molecule has 0 amide bonds. The lowest BCUT2D eigenvalue weighted by Crippen LogP contribution is -1.94. The number of phenolic OH excluding ortho intramolecular Hbond substituents is 1. The van der Waals surface area contributed by atoms with Gasteiger partial charge in [-0.1, -0.05) is 28.1 Å². The second-order valence-corrected chi connectivity index (χ2v) is 5.91. The molecule has 0 spiro atoms. The van der Waals surface area contributed by atoms with Gasteiger partial charge in [0.1, 0.15) is 5.75 Å². The Bertz CT molecular complexity index is 890. The van der Waals surface area contributed by atoms with Gasteiger partial charge in [0, 0.05) is 22.1 Å². The van der Waals surface area contributed by atoms with E-state index in [4.69, 9.17) is 0 Å². The van der Waals surface area contributed by atoms with Crippen molar-refractivity contribution in [1.29, 1.82) is 5.26 Å². The number of hydrogen-bond acceptors (Lipinski definition) is 2. The highest BCUT2D eigenvalue weighted by Gasteiger charge is 2.05. The van der Waals surface area contributed by atoms with Crippen molar-refractivity contribution in [3.63, 3.8) is 0 Å². The first-order valence-corrected chi connectivity index (χ1v) is 7.81. The van der Waals surface area contributed by atoms with Crippen LogP contribution >= 0.6 is 28.3 Å². The molecule has 3 nitrogen and oxygen atoms in total. The first-order chi connectivity index (χ1) is 11.2. The molecule has 0 atom stereocenters. The molecule has 0 saturated carbocycles. The maximum absolute atomic E-state index is 9.47. The van der Waals surface area contributed by atoms with E-state index in [9.17, 15) is 10.4 Å². The third-order valence-electron chi connectivity index (χ3n) is 3.48. The fraction of sp³-hybridized carbons (Fsp3) is 0. The fourth-order valence-electron chi connectivity index (χ4n) is 2.32. The summed E-state index contributed by atoms with van der Waals surface area (Å²) in [5.74, 6) is 0.227. The Morgan fingerprint density at radius 1 is 1.04 bits per heavy atom. The summed E-state index contributed by atoms with van der Waals surface area (Å²) in [7, 11) is 0. The Morgan fingerprint density at radius 3 is 2.33 bits per heavy atom. The average Bonchev–Trinajstić information content (AvgIpc) is 3.02. The van der Waals surface area contributed by atoms with Crippen LogP contribution in [0.15, 0.2) is 71.3 Å². The predicted molar refractivity (Wildman–Crippen MR) is 102 cm³/mol. The Morgan fingerprint density at radius 2 is 1.71 bits per heavy atom. The van der Waals surface area contributed by atoms with Crippen LogP contribution in [0, 0.1) is 11.3 Å². The zero-order valence-electron chi connectivity index (χ0n) is 12.6. The Balaban J connectivity index is 0.00000208. The first-order valence-electron chi connectivity index (χ1n) is 7.02. The highest BCUT2D eigenvalue weighted by atomic mass is 79.9. The van der Waals surface area contributed by atoms with E-state index in [-0.39, 0.29) is 18.2 Å². The van der Waals surface area contributed by atoms with Crippen LogP contribution in [0.25, 0.3) is 17.3 Å². The zero-order chi connectivity index (χ0) is 16.2. The molecule has 24 heavy (non-hydrogen) atoms. The van der Waals surface area contributed by atoms with Crippen molar-refractivity contribution >= 4 is 40.0 Å². The first kappa shape index (κ1) is 17.9. The Hall–Kier alpha value is -2.48. The standard InChI is InChI=1S/C19H13BrN2O.ClH/c20-16-5-3-14(4-6-16)15(13-21)12-18-2-1-11-22(18)17-7-9-19(23)10-8-17;/h1-12,23H;1H. The summed E-state index contributed by atoms with van der Waals surface area (Å²) in [4.78, 5) is 0. The molecule has 0 aliphatic heterocycles. The second kappa shape index (κ2) is 7.87. The molecule has 0 aliphatic carbocycles. The van der Waals surface area contributed by atoms with Crippen molar-refractivity contribution in [2.75, 3.05) is 0 Å². The molecule has 1 heterocycles. The molecule has 1 N–H and O–H groups in total. The third kappa shape index (κ3) is 3.88. The summed E-state index contributed by atoms with van der Waals surface area (Å²) in [5, 5.41) is 18.9. The van der Waals surface area contributed by atoms with E-state index in [0.717, 1.165) is 21.4 Å². The van der Waals surface area contributed by atoms with Crippen LogP contribution in [-0.2, 0) is 0 Å². The van der Waals surface area contributed by atoms with Gasteiger partial charge in [-0.3, -0.25) is 0 Å². The highest BCUT2D eigenvalue weighted by Crippen LogP contribution is 2.23. The second-order valence-electron chi connectivity index (χ2n) is 5.00. The van der Waals surface area contributed by atoms with E-state index in [2.05, 4.69) is 22.0 Å². The molecular weight excluding hydrogens is 388 g/mol. The third-order valence-corrected chi connectivity index (χ3v) is 4.00. The topological polar surface area (TPSA) is 49.0 Å². The van der Waals surface area contributed by atoms with Gasteiger partial charge in [0.25, 0.3) is 0 Å². The zero-order valence-corrected chi connectivity index (χ0v) is 15.0. The van der Waals surface area contributed by atoms with Crippen LogP contribution in [0.5, 0.6) is 5.75 Å². The number of aromatic nitrogens is 1. The fourth-order valence-corrected chi connectivity index (χ4v) is 2.58. The van der Waals surface area contributed by atoms with Crippen LogP contribution in [0.1, 0.15) is 11.3 Å². The van der Waals surface area contributed by atoms with Crippen molar-refractivity contribution in [3.05, 3.63) is 82.6 Å². The maximum Gasteiger partial charge on any atom is 0.115 e. The molecule has 3 rings (SSSR count). The summed E-state index contributed by atoms with van der Waals surface area (Å²) in [6.07, 6.45) is 3.78. The minimum atomic E-state index is 0.